The van der Waals surface area contributed by atoms with Crippen molar-refractivity contribution in [3.05, 3.63) is 90.1 Å². The van der Waals surface area contributed by atoms with Crippen LogP contribution in [0, 0.1) is 0 Å². The van der Waals surface area contributed by atoms with Gasteiger partial charge in [-0.05, 0) is 30.3 Å². The van der Waals surface area contributed by atoms with Gasteiger partial charge in [0.2, 0.25) is 0 Å². The third kappa shape index (κ3) is 4.67. The molecule has 3 aromatic carbocycles. The summed E-state index contributed by atoms with van der Waals surface area (Å²) in [6, 6.07) is 22.6. The predicted molar refractivity (Wildman–Crippen MR) is 126 cm³/mol. The third-order valence-corrected chi connectivity index (χ3v) is 5.28. The van der Waals surface area contributed by atoms with Gasteiger partial charge in [-0.25, -0.2) is 4.68 Å². The number of hydrogen-bond donors (Lipinski definition) is 1. The average Bonchev–Trinajstić information content (AvgIpc) is 3.33. The van der Waals surface area contributed by atoms with Gasteiger partial charge in [0.05, 0.1) is 32.6 Å². The quantitative estimate of drug-likeness (QED) is 0.434. The standard InChI is InChI=1S/C26H25N3O4/c1-31-20-13-14-21(24(15-20)33-3)25-22(17-29(28-25)19-10-5-4-6-11-19)26(30)27-16-18-9-7-8-12-23(18)32-2/h4-15,17H,16H2,1-3H3,(H,27,30). The fraction of sp³-hybridized carbons (Fsp3) is 0.154. The summed E-state index contributed by atoms with van der Waals surface area (Å²) in [6.07, 6.45) is 1.73. The van der Waals surface area contributed by atoms with Crippen LogP contribution in [0.5, 0.6) is 17.2 Å². The van der Waals surface area contributed by atoms with Crippen molar-refractivity contribution in [2.45, 2.75) is 6.54 Å². The molecule has 0 aliphatic heterocycles. The summed E-state index contributed by atoms with van der Waals surface area (Å²) in [5, 5.41) is 7.72. The third-order valence-electron chi connectivity index (χ3n) is 5.28. The minimum absolute atomic E-state index is 0.254. The van der Waals surface area contributed by atoms with Gasteiger partial charge in [-0.2, -0.15) is 5.10 Å². The van der Waals surface area contributed by atoms with Crippen molar-refractivity contribution >= 4 is 5.91 Å². The van der Waals surface area contributed by atoms with Crippen molar-refractivity contribution in [1.82, 2.24) is 15.1 Å². The van der Waals surface area contributed by atoms with E-state index in [4.69, 9.17) is 19.3 Å². The average molecular weight is 444 g/mol. The molecule has 4 rings (SSSR count). The first-order valence-electron chi connectivity index (χ1n) is 10.4. The molecule has 1 amide bonds. The van der Waals surface area contributed by atoms with Crippen molar-refractivity contribution in [3.8, 4) is 34.2 Å². The first kappa shape index (κ1) is 22.0. The molecule has 1 heterocycles. The SMILES string of the molecule is COc1ccc(-c2nn(-c3ccccc3)cc2C(=O)NCc2ccccc2OC)c(OC)c1. The minimum Gasteiger partial charge on any atom is -0.497 e. The Balaban J connectivity index is 1.73. The lowest BCUT2D eigenvalue weighted by Crippen LogP contribution is -2.23. The zero-order valence-electron chi connectivity index (χ0n) is 18.7. The van der Waals surface area contributed by atoms with Gasteiger partial charge in [-0.1, -0.05) is 36.4 Å². The number of para-hydroxylation sites is 2. The van der Waals surface area contributed by atoms with Gasteiger partial charge in [0, 0.05) is 29.9 Å². The van der Waals surface area contributed by atoms with E-state index in [1.807, 2.05) is 66.7 Å². The maximum Gasteiger partial charge on any atom is 0.255 e. The molecule has 0 saturated carbocycles. The number of carbonyl (C=O) groups excluding carboxylic acids is 1. The predicted octanol–water partition coefficient (Wildman–Crippen LogP) is 4.50. The molecule has 0 radical (unpaired) electrons. The molecule has 7 heteroatoms. The Morgan fingerprint density at radius 3 is 2.33 bits per heavy atom. The van der Waals surface area contributed by atoms with E-state index >= 15 is 0 Å². The fourth-order valence-electron chi connectivity index (χ4n) is 3.57. The Morgan fingerprint density at radius 2 is 1.61 bits per heavy atom. The molecule has 0 unspecified atom stereocenters. The van der Waals surface area contributed by atoms with Crippen molar-refractivity contribution in [1.29, 1.82) is 0 Å². The van der Waals surface area contributed by atoms with Gasteiger partial charge in [0.15, 0.2) is 0 Å². The second-order valence-electron chi connectivity index (χ2n) is 7.23. The van der Waals surface area contributed by atoms with Gasteiger partial charge in [0.25, 0.3) is 5.91 Å². The summed E-state index contributed by atoms with van der Waals surface area (Å²) in [5.74, 6) is 1.68. The molecule has 0 atom stereocenters. The van der Waals surface area contributed by atoms with Crippen molar-refractivity contribution < 1.29 is 19.0 Å². The van der Waals surface area contributed by atoms with E-state index in [0.717, 1.165) is 17.0 Å². The van der Waals surface area contributed by atoms with E-state index in [1.165, 1.54) is 0 Å². The maximum absolute atomic E-state index is 13.3. The van der Waals surface area contributed by atoms with Crippen molar-refractivity contribution in [2.75, 3.05) is 21.3 Å². The highest BCUT2D eigenvalue weighted by Crippen LogP contribution is 2.35. The Hall–Kier alpha value is -4.26. The molecule has 168 valence electrons. The number of hydrogen-bond acceptors (Lipinski definition) is 5. The highest BCUT2D eigenvalue weighted by molar-refractivity contribution is 6.00. The van der Waals surface area contributed by atoms with Gasteiger partial charge in [-0.15, -0.1) is 0 Å². The van der Waals surface area contributed by atoms with Crippen molar-refractivity contribution in [3.63, 3.8) is 0 Å². The van der Waals surface area contributed by atoms with Crippen molar-refractivity contribution in [2.24, 2.45) is 0 Å². The summed E-state index contributed by atoms with van der Waals surface area (Å²) < 4.78 is 18.0. The lowest BCUT2D eigenvalue weighted by molar-refractivity contribution is 0.0951. The number of carbonyl (C=O) groups is 1. The Morgan fingerprint density at radius 1 is 0.879 bits per heavy atom. The second kappa shape index (κ2) is 9.91. The van der Waals surface area contributed by atoms with E-state index < -0.39 is 0 Å². The summed E-state index contributed by atoms with van der Waals surface area (Å²) in [7, 11) is 4.78. The number of aromatic nitrogens is 2. The van der Waals surface area contributed by atoms with Crippen LogP contribution in [0.2, 0.25) is 0 Å². The lowest BCUT2D eigenvalue weighted by Gasteiger charge is -2.11. The summed E-state index contributed by atoms with van der Waals surface area (Å²) in [5.41, 5.74) is 3.35. The number of benzene rings is 3. The molecule has 4 aromatic rings. The molecule has 0 saturated heterocycles. The van der Waals surface area contributed by atoms with Crippen LogP contribution in [0.3, 0.4) is 0 Å². The number of nitrogens with one attached hydrogen (secondary N) is 1. The van der Waals surface area contributed by atoms with Crippen LogP contribution in [0.4, 0.5) is 0 Å². The van der Waals surface area contributed by atoms with Crippen LogP contribution in [-0.4, -0.2) is 37.0 Å². The van der Waals surface area contributed by atoms with E-state index in [9.17, 15) is 4.79 Å². The normalized spacial score (nSPS) is 10.5. The van der Waals surface area contributed by atoms with Crippen LogP contribution in [0.15, 0.2) is 79.0 Å². The molecule has 33 heavy (non-hydrogen) atoms. The maximum atomic E-state index is 13.3. The van der Waals surface area contributed by atoms with Crippen LogP contribution in [0.1, 0.15) is 15.9 Å². The number of ether oxygens (including phenoxy) is 3. The monoisotopic (exact) mass is 443 g/mol. The summed E-state index contributed by atoms with van der Waals surface area (Å²) in [6.45, 7) is 0.318. The second-order valence-corrected chi connectivity index (χ2v) is 7.23. The van der Waals surface area contributed by atoms with Gasteiger partial charge in [0.1, 0.15) is 22.9 Å². The molecule has 1 N–H and O–H groups in total. The Labute approximate surface area is 192 Å². The van der Waals surface area contributed by atoms with Crippen LogP contribution in [-0.2, 0) is 6.54 Å². The topological polar surface area (TPSA) is 74.6 Å². The Bertz CT molecular complexity index is 1250. The van der Waals surface area contributed by atoms with E-state index in [0.29, 0.717) is 34.9 Å². The van der Waals surface area contributed by atoms with E-state index in [1.54, 1.807) is 38.3 Å². The van der Waals surface area contributed by atoms with E-state index in [-0.39, 0.29) is 5.91 Å². The fourth-order valence-corrected chi connectivity index (χ4v) is 3.57. The zero-order valence-corrected chi connectivity index (χ0v) is 18.7. The van der Waals surface area contributed by atoms with E-state index in [2.05, 4.69) is 5.32 Å². The first-order valence-corrected chi connectivity index (χ1v) is 10.4. The van der Waals surface area contributed by atoms with Gasteiger partial charge in [-0.3, -0.25) is 4.79 Å². The largest absolute Gasteiger partial charge is 0.497 e. The van der Waals surface area contributed by atoms with Crippen LogP contribution < -0.4 is 19.5 Å². The highest BCUT2D eigenvalue weighted by atomic mass is 16.5. The first-order chi connectivity index (χ1) is 16.1. The molecule has 0 bridgehead atoms. The highest BCUT2D eigenvalue weighted by Gasteiger charge is 2.22. The molecule has 0 aliphatic carbocycles. The number of methoxy groups -OCH3 is 3. The molecule has 0 aliphatic rings. The molecular formula is C26H25N3O4. The molecule has 0 spiro atoms. The summed E-state index contributed by atoms with van der Waals surface area (Å²) in [4.78, 5) is 13.3. The molecular weight excluding hydrogens is 418 g/mol. The van der Waals surface area contributed by atoms with Gasteiger partial charge < -0.3 is 19.5 Å². The number of amides is 1. The summed E-state index contributed by atoms with van der Waals surface area (Å²) >= 11 is 0. The molecule has 1 aromatic heterocycles. The number of nitrogens with zero attached hydrogens (tertiary/aromatic N) is 2. The van der Waals surface area contributed by atoms with Crippen LogP contribution in [0.25, 0.3) is 16.9 Å². The molecule has 0 fully saturated rings. The smallest absolute Gasteiger partial charge is 0.255 e. The lowest BCUT2D eigenvalue weighted by atomic mass is 10.1. The minimum atomic E-state index is -0.254. The Kier molecular flexibility index (Phi) is 6.59. The van der Waals surface area contributed by atoms with Crippen LogP contribution >= 0.6 is 0 Å². The molecule has 7 nitrogen and oxygen atoms in total. The number of rotatable bonds is 8. The van der Waals surface area contributed by atoms with Gasteiger partial charge >= 0.3 is 0 Å². The zero-order chi connectivity index (χ0) is 23.2.